The number of carbonyl (C=O) groups is 2. The van der Waals surface area contributed by atoms with E-state index in [4.69, 9.17) is 13.9 Å². The van der Waals surface area contributed by atoms with E-state index in [0.29, 0.717) is 36.9 Å². The van der Waals surface area contributed by atoms with Gasteiger partial charge in [0.25, 0.3) is 0 Å². The standard InChI is InChI=1S/C21H24N2O5/c24-20-10-15(12-23(20)13-18-6-2-8-26-18)21(25)22-16-4-1-5-17(11-16)28-14-19-7-3-9-27-19/h1-2,4-6,8,11,15,19H,3,7,9-10,12-14H2,(H,22,25). The van der Waals surface area contributed by atoms with Crippen molar-refractivity contribution in [2.24, 2.45) is 5.92 Å². The van der Waals surface area contributed by atoms with E-state index in [2.05, 4.69) is 5.32 Å². The summed E-state index contributed by atoms with van der Waals surface area (Å²) in [5.74, 6) is 0.830. The molecule has 0 saturated carbocycles. The molecule has 2 unspecified atom stereocenters. The summed E-state index contributed by atoms with van der Waals surface area (Å²) in [6, 6.07) is 10.9. The molecule has 2 fully saturated rings. The third kappa shape index (κ3) is 4.54. The molecular weight excluding hydrogens is 360 g/mol. The fraction of sp³-hybridized carbons (Fsp3) is 0.429. The van der Waals surface area contributed by atoms with Crippen LogP contribution in [-0.4, -0.2) is 42.6 Å². The van der Waals surface area contributed by atoms with Gasteiger partial charge in [0.05, 0.1) is 24.8 Å². The monoisotopic (exact) mass is 384 g/mol. The number of furan rings is 1. The van der Waals surface area contributed by atoms with E-state index >= 15 is 0 Å². The third-order valence-electron chi connectivity index (χ3n) is 5.07. The van der Waals surface area contributed by atoms with Gasteiger partial charge in [-0.15, -0.1) is 0 Å². The van der Waals surface area contributed by atoms with Gasteiger partial charge in [-0.25, -0.2) is 0 Å². The van der Waals surface area contributed by atoms with Crippen molar-refractivity contribution in [3.05, 3.63) is 48.4 Å². The highest BCUT2D eigenvalue weighted by atomic mass is 16.5. The molecule has 2 aromatic rings. The van der Waals surface area contributed by atoms with E-state index in [1.807, 2.05) is 24.3 Å². The lowest BCUT2D eigenvalue weighted by Gasteiger charge is -2.15. The van der Waals surface area contributed by atoms with E-state index in [0.717, 1.165) is 19.4 Å². The summed E-state index contributed by atoms with van der Waals surface area (Å²) in [6.45, 7) is 2.08. The van der Waals surface area contributed by atoms with Crippen LogP contribution >= 0.6 is 0 Å². The number of likely N-dealkylation sites (tertiary alicyclic amines) is 1. The van der Waals surface area contributed by atoms with Crippen LogP contribution in [0.1, 0.15) is 25.0 Å². The van der Waals surface area contributed by atoms with Crippen LogP contribution in [0.3, 0.4) is 0 Å². The number of carbonyl (C=O) groups excluding carboxylic acids is 2. The zero-order valence-corrected chi connectivity index (χ0v) is 15.6. The van der Waals surface area contributed by atoms with Crippen LogP contribution in [0.4, 0.5) is 5.69 Å². The fourth-order valence-electron chi connectivity index (χ4n) is 3.56. The highest BCUT2D eigenvalue weighted by Gasteiger charge is 2.34. The van der Waals surface area contributed by atoms with Gasteiger partial charge < -0.3 is 24.1 Å². The van der Waals surface area contributed by atoms with E-state index < -0.39 is 0 Å². The van der Waals surface area contributed by atoms with Gasteiger partial charge in [-0.1, -0.05) is 6.07 Å². The van der Waals surface area contributed by atoms with Crippen molar-refractivity contribution in [2.75, 3.05) is 25.1 Å². The minimum absolute atomic E-state index is 0.0369. The molecule has 1 N–H and O–H groups in total. The van der Waals surface area contributed by atoms with Crippen molar-refractivity contribution < 1.29 is 23.5 Å². The molecule has 148 valence electrons. The fourth-order valence-corrected chi connectivity index (χ4v) is 3.56. The van der Waals surface area contributed by atoms with Crippen LogP contribution in [0.15, 0.2) is 47.1 Å². The first-order valence-electron chi connectivity index (χ1n) is 9.63. The van der Waals surface area contributed by atoms with Gasteiger partial charge in [0.15, 0.2) is 0 Å². The second-order valence-corrected chi connectivity index (χ2v) is 7.22. The van der Waals surface area contributed by atoms with Crippen LogP contribution < -0.4 is 10.1 Å². The number of benzene rings is 1. The smallest absolute Gasteiger partial charge is 0.229 e. The summed E-state index contributed by atoms with van der Waals surface area (Å²) < 4.78 is 16.6. The molecule has 7 nitrogen and oxygen atoms in total. The molecule has 7 heteroatoms. The zero-order chi connectivity index (χ0) is 19.3. The normalized spacial score (nSPS) is 21.9. The predicted octanol–water partition coefficient (Wildman–Crippen LogP) is 2.82. The molecule has 1 aromatic heterocycles. The van der Waals surface area contributed by atoms with Crippen molar-refractivity contribution in [3.8, 4) is 5.75 Å². The first-order chi connectivity index (χ1) is 13.7. The second kappa shape index (κ2) is 8.48. The molecular formula is C21H24N2O5. The molecule has 2 aliphatic rings. The quantitative estimate of drug-likeness (QED) is 0.794. The van der Waals surface area contributed by atoms with Crippen molar-refractivity contribution in [1.29, 1.82) is 0 Å². The molecule has 0 radical (unpaired) electrons. The Labute approximate surface area is 163 Å². The average Bonchev–Trinajstić information content (AvgIpc) is 3.44. The van der Waals surface area contributed by atoms with E-state index in [1.165, 1.54) is 0 Å². The van der Waals surface area contributed by atoms with E-state index in [-0.39, 0.29) is 30.3 Å². The van der Waals surface area contributed by atoms with Gasteiger partial charge in [-0.05, 0) is 37.1 Å². The molecule has 2 atom stereocenters. The zero-order valence-electron chi connectivity index (χ0n) is 15.6. The number of rotatable bonds is 7. The minimum Gasteiger partial charge on any atom is -0.491 e. The van der Waals surface area contributed by atoms with Crippen LogP contribution in [-0.2, 0) is 20.9 Å². The highest BCUT2D eigenvalue weighted by Crippen LogP contribution is 2.24. The number of anilines is 1. The number of hydrogen-bond acceptors (Lipinski definition) is 5. The first-order valence-corrected chi connectivity index (χ1v) is 9.63. The Morgan fingerprint density at radius 1 is 1.29 bits per heavy atom. The Hall–Kier alpha value is -2.80. The van der Waals surface area contributed by atoms with Crippen molar-refractivity contribution in [2.45, 2.75) is 31.9 Å². The van der Waals surface area contributed by atoms with Crippen molar-refractivity contribution in [1.82, 2.24) is 4.90 Å². The molecule has 2 aliphatic heterocycles. The Balaban J connectivity index is 1.30. The van der Waals surface area contributed by atoms with Crippen molar-refractivity contribution in [3.63, 3.8) is 0 Å². The number of amides is 2. The summed E-state index contributed by atoms with van der Waals surface area (Å²) in [7, 11) is 0. The minimum atomic E-state index is -0.376. The molecule has 1 aromatic carbocycles. The van der Waals surface area contributed by atoms with Crippen LogP contribution in [0, 0.1) is 5.92 Å². The van der Waals surface area contributed by atoms with Crippen LogP contribution in [0.25, 0.3) is 0 Å². The van der Waals surface area contributed by atoms with E-state index in [1.54, 1.807) is 23.3 Å². The first kappa shape index (κ1) is 18.6. The SMILES string of the molecule is O=C(Nc1cccc(OCC2CCCO2)c1)C1CC(=O)N(Cc2ccco2)C1. The van der Waals surface area contributed by atoms with Gasteiger partial charge in [-0.2, -0.15) is 0 Å². The number of nitrogens with one attached hydrogen (secondary N) is 1. The summed E-state index contributed by atoms with van der Waals surface area (Å²) in [6.07, 6.45) is 4.01. The van der Waals surface area contributed by atoms with Gasteiger partial charge in [0, 0.05) is 31.3 Å². The molecule has 0 bridgehead atoms. The summed E-state index contributed by atoms with van der Waals surface area (Å²) in [5, 5.41) is 2.90. The topological polar surface area (TPSA) is 81.0 Å². The van der Waals surface area contributed by atoms with Gasteiger partial charge in [0.2, 0.25) is 11.8 Å². The van der Waals surface area contributed by atoms with Gasteiger partial charge >= 0.3 is 0 Å². The van der Waals surface area contributed by atoms with E-state index in [9.17, 15) is 9.59 Å². The largest absolute Gasteiger partial charge is 0.491 e. The molecule has 3 heterocycles. The Morgan fingerprint density at radius 2 is 2.21 bits per heavy atom. The Bertz CT molecular complexity index is 814. The third-order valence-corrected chi connectivity index (χ3v) is 5.07. The second-order valence-electron chi connectivity index (χ2n) is 7.22. The Morgan fingerprint density at radius 3 is 3.00 bits per heavy atom. The maximum absolute atomic E-state index is 12.6. The van der Waals surface area contributed by atoms with Crippen LogP contribution in [0.5, 0.6) is 5.75 Å². The lowest BCUT2D eigenvalue weighted by molar-refractivity contribution is -0.128. The van der Waals surface area contributed by atoms with Gasteiger partial charge in [0.1, 0.15) is 18.1 Å². The molecule has 2 amide bonds. The number of ether oxygens (including phenoxy) is 2. The summed E-state index contributed by atoms with van der Waals surface area (Å²) >= 11 is 0. The van der Waals surface area contributed by atoms with Crippen molar-refractivity contribution >= 4 is 17.5 Å². The highest BCUT2D eigenvalue weighted by molar-refractivity contribution is 5.97. The average molecular weight is 384 g/mol. The lowest BCUT2D eigenvalue weighted by Crippen LogP contribution is -2.27. The number of hydrogen-bond donors (Lipinski definition) is 1. The lowest BCUT2D eigenvalue weighted by atomic mass is 10.1. The van der Waals surface area contributed by atoms with Gasteiger partial charge in [-0.3, -0.25) is 9.59 Å². The maximum atomic E-state index is 12.6. The molecule has 28 heavy (non-hydrogen) atoms. The van der Waals surface area contributed by atoms with Crippen LogP contribution in [0.2, 0.25) is 0 Å². The number of nitrogens with zero attached hydrogens (tertiary/aromatic N) is 1. The molecule has 0 spiro atoms. The maximum Gasteiger partial charge on any atom is 0.229 e. The molecule has 2 saturated heterocycles. The summed E-state index contributed by atoms with van der Waals surface area (Å²) in [5.41, 5.74) is 0.659. The summed E-state index contributed by atoms with van der Waals surface area (Å²) in [4.78, 5) is 26.5. The predicted molar refractivity (Wildman–Crippen MR) is 102 cm³/mol. The molecule has 4 rings (SSSR count). The Kier molecular flexibility index (Phi) is 5.62. The molecule has 0 aliphatic carbocycles.